The fourth-order valence-electron chi connectivity index (χ4n) is 7.13. The topological polar surface area (TPSA) is 136 Å². The van der Waals surface area contributed by atoms with Crippen molar-refractivity contribution in [3.8, 4) is 28.7 Å². The number of hydrogen-bond acceptors (Lipinski definition) is 11. The van der Waals surface area contributed by atoms with Gasteiger partial charge in [-0.25, -0.2) is 14.4 Å². The highest BCUT2D eigenvalue weighted by Crippen LogP contribution is 2.32. The molecule has 64 heavy (non-hydrogen) atoms. The van der Waals surface area contributed by atoms with Crippen LogP contribution in [0, 0.1) is 5.41 Å². The minimum atomic E-state index is -1.28. The van der Waals surface area contributed by atoms with Gasteiger partial charge < -0.3 is 38.3 Å². The summed E-state index contributed by atoms with van der Waals surface area (Å²) in [6.45, 7) is 12.2. The van der Waals surface area contributed by atoms with Gasteiger partial charge in [0, 0.05) is 16.6 Å². The third-order valence-corrected chi connectivity index (χ3v) is 10.8. The molecular weight excluding hydrogens is 813 g/mol. The number of unbranched alkanes of at least 4 members (excludes halogenated alkanes) is 3. The van der Waals surface area contributed by atoms with Crippen LogP contribution in [0.2, 0.25) is 0 Å². The first-order chi connectivity index (χ1) is 30.9. The Morgan fingerprint density at radius 3 is 1.95 bits per heavy atom. The fraction of sp³-hybridized carbons (Fsp3) is 0.302. The maximum atomic E-state index is 13.3. The number of aryl methyl sites for hydroxylation is 1. The van der Waals surface area contributed by atoms with Crippen LogP contribution in [0.1, 0.15) is 91.0 Å². The van der Waals surface area contributed by atoms with Crippen LogP contribution in [0.3, 0.4) is 0 Å². The van der Waals surface area contributed by atoms with Gasteiger partial charge >= 0.3 is 17.9 Å². The first-order valence-electron chi connectivity index (χ1n) is 21.7. The number of aliphatic hydroxyl groups is 1. The lowest BCUT2D eigenvalue weighted by Gasteiger charge is -2.37. The van der Waals surface area contributed by atoms with Gasteiger partial charge in [-0.15, -0.1) is 0 Å². The number of carbonyl (C=O) groups excluding carboxylic acids is 3. The molecule has 1 saturated heterocycles. The summed E-state index contributed by atoms with van der Waals surface area (Å²) in [5, 5.41) is 14.7. The quantitative estimate of drug-likeness (QED) is 0.0243. The summed E-state index contributed by atoms with van der Waals surface area (Å²) in [5.41, 5.74) is 2.56. The van der Waals surface area contributed by atoms with Gasteiger partial charge in [-0.1, -0.05) is 57.2 Å². The van der Waals surface area contributed by atoms with Gasteiger partial charge in [-0.3, -0.25) is 0 Å². The molecule has 1 aliphatic rings. The van der Waals surface area contributed by atoms with Crippen LogP contribution in [0.5, 0.6) is 28.7 Å². The average Bonchev–Trinajstić information content (AvgIpc) is 3.29. The summed E-state index contributed by atoms with van der Waals surface area (Å²) in [6, 6.07) is 33.9. The lowest BCUT2D eigenvalue weighted by Crippen LogP contribution is -2.44. The monoisotopic (exact) mass is 866 g/mol. The van der Waals surface area contributed by atoms with Crippen molar-refractivity contribution in [1.82, 2.24) is 0 Å². The second-order valence-corrected chi connectivity index (χ2v) is 16.6. The minimum Gasteiger partial charge on any atom is -0.494 e. The van der Waals surface area contributed by atoms with E-state index in [4.69, 9.17) is 33.2 Å². The van der Waals surface area contributed by atoms with E-state index in [0.29, 0.717) is 84.7 Å². The third-order valence-electron chi connectivity index (χ3n) is 10.8. The summed E-state index contributed by atoms with van der Waals surface area (Å²) >= 11 is 0. The summed E-state index contributed by atoms with van der Waals surface area (Å²) in [5.74, 6) is 1.33. The smallest absolute Gasteiger partial charge is 0.343 e. The highest BCUT2D eigenvalue weighted by Gasteiger charge is 2.34. The van der Waals surface area contributed by atoms with E-state index in [9.17, 15) is 19.5 Å². The van der Waals surface area contributed by atoms with Crippen LogP contribution in [0.15, 0.2) is 127 Å². The Labute approximate surface area is 373 Å². The van der Waals surface area contributed by atoms with E-state index < -0.39 is 18.2 Å². The Hall–Kier alpha value is -6.69. The van der Waals surface area contributed by atoms with E-state index in [1.165, 1.54) is 0 Å². The number of fused-ring (bicyclic) bond motifs is 2. The molecule has 0 radical (unpaired) electrons. The zero-order valence-corrected chi connectivity index (χ0v) is 36.6. The molecule has 1 atom stereocenters. The largest absolute Gasteiger partial charge is 0.494 e. The van der Waals surface area contributed by atoms with Gasteiger partial charge in [-0.2, -0.15) is 0 Å². The van der Waals surface area contributed by atoms with Gasteiger partial charge in [0.2, 0.25) is 6.29 Å². The summed E-state index contributed by atoms with van der Waals surface area (Å²) in [6.07, 6.45) is 3.74. The van der Waals surface area contributed by atoms with Crippen molar-refractivity contribution in [2.24, 2.45) is 5.41 Å². The zero-order valence-electron chi connectivity index (χ0n) is 36.6. The summed E-state index contributed by atoms with van der Waals surface area (Å²) in [7, 11) is 0. The molecule has 1 fully saturated rings. The second-order valence-electron chi connectivity index (χ2n) is 16.6. The molecular formula is C53H54O11. The van der Waals surface area contributed by atoms with E-state index in [2.05, 4.69) is 13.5 Å². The van der Waals surface area contributed by atoms with Crippen molar-refractivity contribution in [3.63, 3.8) is 0 Å². The van der Waals surface area contributed by atoms with Crippen molar-refractivity contribution in [3.05, 3.63) is 150 Å². The third kappa shape index (κ3) is 12.1. The highest BCUT2D eigenvalue weighted by molar-refractivity contribution is 5.97. The predicted molar refractivity (Wildman–Crippen MR) is 244 cm³/mol. The van der Waals surface area contributed by atoms with E-state index >= 15 is 0 Å². The zero-order chi connectivity index (χ0) is 45.1. The molecule has 6 aromatic rings. The molecule has 1 aliphatic heterocycles. The molecule has 11 heteroatoms. The number of rotatable bonds is 21. The van der Waals surface area contributed by atoms with E-state index in [0.717, 1.165) is 65.0 Å². The SMILES string of the molecule is C=C(C)C(=O)OCCCCCCOc1ccc2cc(C(=O)Oc3ccc(OC(O)c4ccc5cc(OC(=O)c6ccc(OCC7(C)COC7)cc6)ccc5c4)c(CCC)c3)ccc2c1. The molecule has 0 aliphatic carbocycles. The Bertz CT molecular complexity index is 2610. The predicted octanol–water partition coefficient (Wildman–Crippen LogP) is 10.9. The van der Waals surface area contributed by atoms with E-state index in [1.54, 1.807) is 79.7 Å². The van der Waals surface area contributed by atoms with Crippen LogP contribution in [-0.2, 0) is 20.7 Å². The number of hydrogen-bond donors (Lipinski definition) is 1. The number of carbonyl (C=O) groups is 3. The molecule has 11 nitrogen and oxygen atoms in total. The lowest BCUT2D eigenvalue weighted by molar-refractivity contribution is -0.139. The molecule has 6 aromatic carbocycles. The first-order valence-corrected chi connectivity index (χ1v) is 21.7. The Balaban J connectivity index is 0.901. The van der Waals surface area contributed by atoms with Crippen LogP contribution in [0.25, 0.3) is 21.5 Å². The average molecular weight is 867 g/mol. The maximum Gasteiger partial charge on any atom is 0.343 e. The normalized spacial score (nSPS) is 13.4. The van der Waals surface area contributed by atoms with E-state index in [1.807, 2.05) is 49.4 Å². The molecule has 332 valence electrons. The molecule has 7 rings (SSSR count). The minimum absolute atomic E-state index is 0.0203. The standard InChI is InChI=1S/C53H54O11/c1-5-10-41-31-47(63-51(56)42-13-11-39-29-45(21-17-37(39)27-42)59-25-8-6-7-9-26-60-49(54)35(2)3)23-24-48(41)64-52(57)43-14-12-40-30-46(22-18-38(40)28-43)62-50(55)36-15-19-44(20-16-36)61-34-53(4)32-58-33-53/h11-24,27-31,52,57H,2,5-10,25-26,32-34H2,1,3-4H3. The highest BCUT2D eigenvalue weighted by atomic mass is 16.6. The number of benzene rings is 6. The van der Waals surface area contributed by atoms with Gasteiger partial charge in [-0.05, 0) is 151 Å². The Morgan fingerprint density at radius 2 is 1.25 bits per heavy atom. The number of aliphatic hydroxyl groups excluding tert-OH is 1. The van der Waals surface area contributed by atoms with Crippen LogP contribution < -0.4 is 23.7 Å². The molecule has 0 amide bonds. The van der Waals surface area contributed by atoms with Crippen molar-refractivity contribution < 1.29 is 52.6 Å². The van der Waals surface area contributed by atoms with Crippen molar-refractivity contribution in [2.75, 3.05) is 33.0 Å². The van der Waals surface area contributed by atoms with Gasteiger partial charge in [0.25, 0.3) is 0 Å². The molecule has 1 heterocycles. The van der Waals surface area contributed by atoms with Gasteiger partial charge in [0.15, 0.2) is 0 Å². The van der Waals surface area contributed by atoms with Crippen LogP contribution in [0.4, 0.5) is 0 Å². The maximum absolute atomic E-state index is 13.3. The van der Waals surface area contributed by atoms with Crippen LogP contribution in [-0.4, -0.2) is 56.0 Å². The molecule has 1 unspecified atom stereocenters. The Kier molecular flexibility index (Phi) is 15.0. The molecule has 1 N–H and O–H groups in total. The number of ether oxygens (including phenoxy) is 7. The molecule has 0 spiro atoms. The van der Waals surface area contributed by atoms with Crippen molar-refractivity contribution in [1.29, 1.82) is 0 Å². The lowest BCUT2D eigenvalue weighted by atomic mass is 9.90. The van der Waals surface area contributed by atoms with E-state index in [-0.39, 0.29) is 11.4 Å². The fourth-order valence-corrected chi connectivity index (χ4v) is 7.13. The first kappa shape index (κ1) is 45.3. The van der Waals surface area contributed by atoms with Crippen molar-refractivity contribution >= 4 is 39.5 Å². The van der Waals surface area contributed by atoms with Gasteiger partial charge in [0.1, 0.15) is 28.7 Å². The van der Waals surface area contributed by atoms with Crippen LogP contribution >= 0.6 is 0 Å². The second kappa shape index (κ2) is 21.1. The summed E-state index contributed by atoms with van der Waals surface area (Å²) < 4.78 is 39.8. The number of esters is 3. The summed E-state index contributed by atoms with van der Waals surface area (Å²) in [4.78, 5) is 37.7. The molecule has 0 bridgehead atoms. The van der Waals surface area contributed by atoms with Crippen molar-refractivity contribution in [2.45, 2.75) is 65.6 Å². The molecule has 0 saturated carbocycles. The Morgan fingerprint density at radius 1 is 0.672 bits per heavy atom. The van der Waals surface area contributed by atoms with Gasteiger partial charge in [0.05, 0.1) is 44.2 Å². The molecule has 0 aromatic heterocycles.